The number of aryl methyl sites for hydroxylation is 1. The van der Waals surface area contributed by atoms with Crippen LogP contribution in [-0.4, -0.2) is 69.8 Å². The van der Waals surface area contributed by atoms with Gasteiger partial charge in [-0.15, -0.1) is 0 Å². The van der Waals surface area contributed by atoms with E-state index in [1.807, 2.05) is 7.05 Å². The molecule has 3 aliphatic rings. The van der Waals surface area contributed by atoms with Gasteiger partial charge in [0.2, 0.25) is 0 Å². The molecular formula is C23H30N4O4. The van der Waals surface area contributed by atoms with Crippen molar-refractivity contribution in [2.45, 2.75) is 31.0 Å². The molecule has 0 unspecified atom stereocenters. The Bertz CT molecular complexity index is 902. The fraction of sp³-hybridized carbons (Fsp3) is 0.522. The van der Waals surface area contributed by atoms with E-state index in [4.69, 9.17) is 14.6 Å². The van der Waals surface area contributed by atoms with E-state index in [1.165, 1.54) is 5.56 Å². The van der Waals surface area contributed by atoms with Gasteiger partial charge in [0.25, 0.3) is 12.4 Å². The number of fused-ring (bicyclic) bond motifs is 1. The Morgan fingerprint density at radius 2 is 2.16 bits per heavy atom. The van der Waals surface area contributed by atoms with E-state index in [2.05, 4.69) is 45.5 Å². The Hall–Kier alpha value is -2.71. The molecule has 0 radical (unpaired) electrons. The number of benzene rings is 1. The minimum Gasteiger partial charge on any atom is -0.483 e. The van der Waals surface area contributed by atoms with Crippen molar-refractivity contribution in [3.05, 3.63) is 54.1 Å². The van der Waals surface area contributed by atoms with Crippen molar-refractivity contribution in [1.29, 1.82) is 0 Å². The Kier molecular flexibility index (Phi) is 6.38. The van der Waals surface area contributed by atoms with Crippen molar-refractivity contribution >= 4 is 12.4 Å². The smallest absolute Gasteiger partial charge is 0.290 e. The maximum atomic E-state index is 12.5. The third-order valence-corrected chi connectivity index (χ3v) is 6.96. The average Bonchev–Trinajstić information content (AvgIpc) is 3.52. The van der Waals surface area contributed by atoms with Crippen LogP contribution in [-0.2, 0) is 23.0 Å². The number of hydrogen-bond donors (Lipinski definition) is 2. The lowest BCUT2D eigenvalue weighted by atomic mass is 9.73. The molecule has 31 heavy (non-hydrogen) atoms. The first-order valence-corrected chi connectivity index (χ1v) is 10.8. The Labute approximate surface area is 182 Å². The highest BCUT2D eigenvalue weighted by Crippen LogP contribution is 2.54. The van der Waals surface area contributed by atoms with E-state index in [-0.39, 0.29) is 18.0 Å². The number of carbonyl (C=O) groups is 2. The van der Waals surface area contributed by atoms with E-state index >= 15 is 0 Å². The molecule has 4 atom stereocenters. The normalized spacial score (nSPS) is 28.6. The number of nitrogens with one attached hydrogen (secondary N) is 1. The van der Waals surface area contributed by atoms with Crippen molar-refractivity contribution in [2.24, 2.45) is 18.9 Å². The number of amides is 1. The summed E-state index contributed by atoms with van der Waals surface area (Å²) in [6.07, 6.45) is 6.94. The SMILES string of the molecule is Cn1cncc1C(=O)NC[C@H]1[C@H]2CN(CCc3ccccc3)C[C@]23CC[C@H]1O3.O=CO. The summed E-state index contributed by atoms with van der Waals surface area (Å²) in [4.78, 5) is 27.4. The number of aromatic nitrogens is 2. The minimum absolute atomic E-state index is 0.0171. The number of hydrogen-bond acceptors (Lipinski definition) is 5. The van der Waals surface area contributed by atoms with Gasteiger partial charge < -0.3 is 19.7 Å². The van der Waals surface area contributed by atoms with Gasteiger partial charge in [0, 0.05) is 45.1 Å². The van der Waals surface area contributed by atoms with Crippen LogP contribution in [0.25, 0.3) is 0 Å². The summed E-state index contributed by atoms with van der Waals surface area (Å²) < 4.78 is 8.27. The molecule has 166 valence electrons. The summed E-state index contributed by atoms with van der Waals surface area (Å²) in [5.74, 6) is 0.886. The first kappa shape index (κ1) is 21.5. The van der Waals surface area contributed by atoms with Crippen LogP contribution in [0.3, 0.4) is 0 Å². The zero-order valence-corrected chi connectivity index (χ0v) is 17.8. The second kappa shape index (κ2) is 9.20. The van der Waals surface area contributed by atoms with Crippen LogP contribution >= 0.6 is 0 Å². The topological polar surface area (TPSA) is 96.7 Å². The second-order valence-electron chi connectivity index (χ2n) is 8.71. The highest BCUT2D eigenvalue weighted by atomic mass is 16.5. The van der Waals surface area contributed by atoms with Crippen LogP contribution in [0.5, 0.6) is 0 Å². The van der Waals surface area contributed by atoms with Gasteiger partial charge in [-0.1, -0.05) is 30.3 Å². The van der Waals surface area contributed by atoms with Gasteiger partial charge >= 0.3 is 0 Å². The predicted molar refractivity (Wildman–Crippen MR) is 115 cm³/mol. The third kappa shape index (κ3) is 4.36. The Balaban J connectivity index is 0.000000730. The lowest BCUT2D eigenvalue weighted by Crippen LogP contribution is -2.42. The molecule has 4 heterocycles. The van der Waals surface area contributed by atoms with E-state index in [0.717, 1.165) is 38.9 Å². The van der Waals surface area contributed by atoms with Gasteiger partial charge in [0.15, 0.2) is 0 Å². The third-order valence-electron chi connectivity index (χ3n) is 6.96. The number of likely N-dealkylation sites (tertiary alicyclic amines) is 1. The van der Waals surface area contributed by atoms with Crippen LogP contribution in [0, 0.1) is 11.8 Å². The molecule has 5 rings (SSSR count). The lowest BCUT2D eigenvalue weighted by molar-refractivity contribution is -0.122. The summed E-state index contributed by atoms with van der Waals surface area (Å²) in [6, 6.07) is 10.7. The average molecular weight is 427 g/mol. The summed E-state index contributed by atoms with van der Waals surface area (Å²) in [7, 11) is 1.85. The highest BCUT2D eigenvalue weighted by molar-refractivity contribution is 5.92. The second-order valence-corrected chi connectivity index (χ2v) is 8.71. The number of carboxylic acid groups (broad SMARTS) is 1. The fourth-order valence-electron chi connectivity index (χ4n) is 5.54. The van der Waals surface area contributed by atoms with Crippen molar-refractivity contribution in [1.82, 2.24) is 19.8 Å². The van der Waals surface area contributed by atoms with Crippen molar-refractivity contribution in [3.8, 4) is 0 Å². The zero-order valence-electron chi connectivity index (χ0n) is 17.8. The largest absolute Gasteiger partial charge is 0.483 e. The van der Waals surface area contributed by atoms with Crippen LogP contribution in [0.2, 0.25) is 0 Å². The van der Waals surface area contributed by atoms with Gasteiger partial charge in [0.1, 0.15) is 5.69 Å². The van der Waals surface area contributed by atoms with Gasteiger partial charge in [-0.2, -0.15) is 0 Å². The molecule has 2 aromatic rings. The molecule has 3 fully saturated rings. The highest BCUT2D eigenvalue weighted by Gasteiger charge is 2.62. The van der Waals surface area contributed by atoms with E-state index in [0.29, 0.717) is 30.2 Å². The van der Waals surface area contributed by atoms with Crippen molar-refractivity contribution < 1.29 is 19.4 Å². The molecule has 8 nitrogen and oxygen atoms in total. The standard InChI is InChI=1S/C22H28N4O2.CH2O2/c1-25-15-23-12-19(25)21(27)24-11-17-18-13-26(10-8-16-5-3-2-4-6-16)14-22(18)9-7-20(17)28-22;2-1-3/h2-6,12,15,17-18,20H,7-11,13-14H2,1H3,(H,24,27);1H,(H,2,3)/t17-,18+,20+,22+;/m0./s1. The summed E-state index contributed by atoms with van der Waals surface area (Å²) in [5, 5.41) is 10.0. The number of imidazole rings is 1. The molecule has 1 aromatic carbocycles. The monoisotopic (exact) mass is 426 g/mol. The van der Waals surface area contributed by atoms with Crippen LogP contribution < -0.4 is 5.32 Å². The first-order chi connectivity index (χ1) is 15.1. The van der Waals surface area contributed by atoms with Gasteiger partial charge in [0.05, 0.1) is 24.2 Å². The molecule has 2 bridgehead atoms. The summed E-state index contributed by atoms with van der Waals surface area (Å²) in [5.41, 5.74) is 2.01. The quantitative estimate of drug-likeness (QED) is 0.681. The number of nitrogens with zero attached hydrogens (tertiary/aromatic N) is 3. The Morgan fingerprint density at radius 3 is 2.87 bits per heavy atom. The van der Waals surface area contributed by atoms with Gasteiger partial charge in [-0.05, 0) is 24.8 Å². The Morgan fingerprint density at radius 1 is 1.39 bits per heavy atom. The van der Waals surface area contributed by atoms with Crippen LogP contribution in [0.1, 0.15) is 28.9 Å². The molecule has 1 aromatic heterocycles. The summed E-state index contributed by atoms with van der Waals surface area (Å²) >= 11 is 0. The minimum atomic E-state index is -0.250. The van der Waals surface area contributed by atoms with E-state index in [1.54, 1.807) is 17.1 Å². The molecule has 3 aliphatic heterocycles. The molecule has 3 saturated heterocycles. The fourth-order valence-corrected chi connectivity index (χ4v) is 5.54. The number of rotatable bonds is 6. The molecule has 2 N–H and O–H groups in total. The van der Waals surface area contributed by atoms with E-state index in [9.17, 15) is 4.79 Å². The maximum absolute atomic E-state index is 12.5. The molecule has 1 spiro atoms. The lowest BCUT2D eigenvalue weighted by Gasteiger charge is -2.29. The first-order valence-electron chi connectivity index (χ1n) is 10.8. The molecule has 8 heteroatoms. The molecule has 0 saturated carbocycles. The summed E-state index contributed by atoms with van der Waals surface area (Å²) in [6.45, 7) is 3.63. The molecule has 1 amide bonds. The van der Waals surface area contributed by atoms with Crippen LogP contribution in [0.4, 0.5) is 0 Å². The predicted octanol–water partition coefficient (Wildman–Crippen LogP) is 1.57. The molecular weight excluding hydrogens is 396 g/mol. The van der Waals surface area contributed by atoms with Crippen molar-refractivity contribution in [2.75, 3.05) is 26.2 Å². The van der Waals surface area contributed by atoms with Crippen molar-refractivity contribution in [3.63, 3.8) is 0 Å². The van der Waals surface area contributed by atoms with E-state index < -0.39 is 0 Å². The zero-order chi connectivity index (χ0) is 21.8. The van der Waals surface area contributed by atoms with Gasteiger partial charge in [-0.25, -0.2) is 4.98 Å². The number of carbonyl (C=O) groups excluding carboxylic acids is 1. The van der Waals surface area contributed by atoms with Gasteiger partial charge in [-0.3, -0.25) is 14.5 Å². The maximum Gasteiger partial charge on any atom is 0.290 e. The van der Waals surface area contributed by atoms with Crippen LogP contribution in [0.15, 0.2) is 42.9 Å². The number of ether oxygens (including phenoxy) is 1. The molecule has 0 aliphatic carbocycles.